The van der Waals surface area contributed by atoms with E-state index in [0.717, 1.165) is 36.4 Å². The fraction of sp³-hybridized carbons (Fsp3) is 0.541. The van der Waals surface area contributed by atoms with Crippen molar-refractivity contribution in [2.24, 2.45) is 83.2 Å². The Morgan fingerprint density at radius 1 is 0.482 bits per heavy atom. The summed E-state index contributed by atoms with van der Waals surface area (Å²) in [5.41, 5.74) is 13.3. The van der Waals surface area contributed by atoms with Crippen LogP contribution in [0.5, 0.6) is 0 Å². The molecule has 3 aromatic carbocycles. The van der Waals surface area contributed by atoms with Crippen LogP contribution in [0, 0.1) is 91.2 Å². The average molecular weight is 2360 g/mol. The van der Waals surface area contributed by atoms with Gasteiger partial charge in [0.05, 0.1) is 5.69 Å². The van der Waals surface area contributed by atoms with Crippen molar-refractivity contribution in [1.82, 2.24) is 4.98 Å². The minimum atomic E-state index is 0. The van der Waals surface area contributed by atoms with E-state index in [1.165, 1.54) is 52.5 Å². The number of hydrogen-bond acceptors (Lipinski definition) is 7. The number of para-hydroxylation sites is 2. The van der Waals surface area contributed by atoms with Crippen molar-refractivity contribution in [1.29, 1.82) is 0 Å². The molecule has 3 heterocycles. The average Bonchev–Trinajstić information content (AvgIpc) is 1.71. The van der Waals surface area contributed by atoms with Crippen LogP contribution in [0.3, 0.4) is 0 Å². The Balaban J connectivity index is -0.0000000483. The molecule has 0 atom stereocenters. The summed E-state index contributed by atoms with van der Waals surface area (Å²) in [5, 5.41) is 0. The third-order valence-electron chi connectivity index (χ3n) is 11.9. The SMILES string of the molecule is C.C.C.C.CC.CC.CC.CC.CC.CC.CC.CC.CC.CC(C)C1=CC=CC1.CC(C)C1=Cc2ccccc2C1.CC(C)C1=NC=CC1.CC(C)C1=Nc2ccccc2C1.CC(C)[C-]=Nc1[c-]cccc1.CC(C)[C-]=Nc1[c-]cccn1.[CH-]=CC(=[CH-])C(C)C.[CH-]=NC(=[CH-])C(C)C.[CH-]=NC=[C-]C(C)C.[W+2].[W+2].[W+2].[W+2].[W+2]. The van der Waals surface area contributed by atoms with Crippen molar-refractivity contribution >= 4 is 60.6 Å². The van der Waals surface area contributed by atoms with Crippen LogP contribution in [-0.2, 0) is 118 Å². The van der Waals surface area contributed by atoms with E-state index in [1.54, 1.807) is 23.4 Å². The second-order valence-corrected chi connectivity index (χ2v) is 22.5. The number of rotatable bonds is 14. The molecule has 0 amide bonds. The van der Waals surface area contributed by atoms with Crippen LogP contribution in [-0.4, -0.2) is 42.3 Å². The minimum absolute atomic E-state index is 0. The molecule has 0 saturated carbocycles. The Hall–Kier alpha value is -3.81. The smallest absolute Gasteiger partial charge is 0.597 e. The maximum atomic E-state index is 5.35. The number of fused-ring (bicyclic) bond motifs is 2. The molecule has 0 spiro atoms. The molecule has 4 aliphatic rings. The molecule has 2 aliphatic carbocycles. The summed E-state index contributed by atoms with van der Waals surface area (Å²) in [6.45, 7) is 99.1. The standard InChI is InChI=1S/C12H14.C11H13N.C10H11N.C9H10N2.C8H12.C7H11N.C7H10.2C6H9N.9C2H6.4CH4.5W/c1-9(2)12-7-10-5-3-4-6-11(10)8-12;1-8(2)11-7-9-5-3-4-6-10(9)12-11;1-9(2)8-11-10-6-4-3-5-7-10;1-8(2)7-11-9-5-3-4-6-10-9;1-7(2)8-5-3-4-6-8;1-6(2)7-4-3-5-8-7;1-5-7(4)6(2)3;1-6(2)4-5-7-3;1-5(2)6(3)7-4;9*1-2;;;;;;;;;/h3-7,9H,8H2,1-2H3;3-6,8H,7H2,1-2H3;3-6,9H,1-2H3;3-4,6,8H,1-2H3;3-5,7H,6H2,1-2H3;3,5-6H,4H2,1-2H3;1,4-6H,2-3H3;3,5-6H,1-2H3;3-5H,1-2H3;9*1-2H3;4*1H4;;;;;/q;;2*-2;;;3*-2;;;;;;;;;;;;;;5*+2. The molecule has 0 N–H and O–H groups in total. The van der Waals surface area contributed by atoms with Gasteiger partial charge in [0.25, 0.3) is 0 Å². The fourth-order valence-electron chi connectivity index (χ4n) is 6.57. The van der Waals surface area contributed by atoms with E-state index in [0.29, 0.717) is 52.9 Å². The molecule has 0 fully saturated rings. The summed E-state index contributed by atoms with van der Waals surface area (Å²) in [4.78, 5) is 27.3. The van der Waals surface area contributed by atoms with Crippen molar-refractivity contribution in [3.05, 3.63) is 211 Å². The number of pyridine rings is 1. The van der Waals surface area contributed by atoms with Gasteiger partial charge in [-0.25, -0.2) is 17.8 Å². The van der Waals surface area contributed by atoms with E-state index in [-0.39, 0.29) is 141 Å². The molecular formula is C98H169N7W5. The van der Waals surface area contributed by atoms with E-state index in [1.807, 2.05) is 236 Å². The summed E-state index contributed by atoms with van der Waals surface area (Å²) in [5.74, 6) is 5.03. The maximum absolute atomic E-state index is 5.35. The van der Waals surface area contributed by atoms with Crippen LogP contribution in [0.25, 0.3) is 6.08 Å². The Kier molecular flexibility index (Phi) is 166. The van der Waals surface area contributed by atoms with E-state index in [9.17, 15) is 0 Å². The fourth-order valence-corrected chi connectivity index (χ4v) is 6.57. The van der Waals surface area contributed by atoms with E-state index in [4.69, 9.17) is 33.2 Å². The van der Waals surface area contributed by atoms with Gasteiger partial charge in [-0.05, 0) is 59.3 Å². The van der Waals surface area contributed by atoms with Crippen molar-refractivity contribution in [3.8, 4) is 0 Å². The second-order valence-electron chi connectivity index (χ2n) is 22.5. The zero-order valence-electron chi connectivity index (χ0n) is 73.9. The number of allylic oxidation sites excluding steroid dienone is 10. The Labute approximate surface area is 762 Å². The van der Waals surface area contributed by atoms with Crippen LogP contribution < -0.4 is 0 Å². The molecule has 110 heavy (non-hydrogen) atoms. The molecule has 0 saturated heterocycles. The van der Waals surface area contributed by atoms with Gasteiger partial charge >= 0.3 is 105 Å². The molecule has 8 rings (SSSR count). The van der Waals surface area contributed by atoms with Crippen molar-refractivity contribution in [2.45, 2.75) is 305 Å². The first-order valence-corrected chi connectivity index (χ1v) is 38.3. The third-order valence-corrected chi connectivity index (χ3v) is 11.9. The largest absolute Gasteiger partial charge is 2.00 e. The first-order valence-electron chi connectivity index (χ1n) is 38.3. The first-order chi connectivity index (χ1) is 48.4. The predicted molar refractivity (Wildman–Crippen MR) is 493 cm³/mol. The first kappa shape index (κ1) is 155. The van der Waals surface area contributed by atoms with Crippen LogP contribution in [0.4, 0.5) is 17.2 Å². The summed E-state index contributed by atoms with van der Waals surface area (Å²) < 4.78 is 0. The van der Waals surface area contributed by atoms with Crippen LogP contribution >= 0.6 is 0 Å². The Morgan fingerprint density at radius 2 is 0.936 bits per heavy atom. The maximum Gasteiger partial charge on any atom is 2.00 e. The monoisotopic (exact) mass is 2360 g/mol. The van der Waals surface area contributed by atoms with Gasteiger partial charge in [-0.1, -0.05) is 381 Å². The number of aromatic nitrogens is 1. The third kappa shape index (κ3) is 98.4. The Bertz CT molecular complexity index is 2600. The molecule has 0 unspecified atom stereocenters. The van der Waals surface area contributed by atoms with Gasteiger partial charge in [0.1, 0.15) is 0 Å². The normalized spacial score (nSPS) is 10.3. The number of benzene rings is 3. The molecule has 1 aromatic heterocycles. The van der Waals surface area contributed by atoms with Gasteiger partial charge in [-0.3, -0.25) is 16.1 Å². The summed E-state index contributed by atoms with van der Waals surface area (Å²) in [6, 6.07) is 34.1. The van der Waals surface area contributed by atoms with E-state index < -0.39 is 0 Å². The Morgan fingerprint density at radius 3 is 1.23 bits per heavy atom. The summed E-state index contributed by atoms with van der Waals surface area (Å²) >= 11 is 0. The molecule has 12 heteroatoms. The molecule has 0 radical (unpaired) electrons. The van der Waals surface area contributed by atoms with E-state index >= 15 is 0 Å². The predicted octanol–water partition coefficient (Wildman–Crippen LogP) is 32.5. The molecule has 4 aromatic rings. The zero-order valence-corrected chi connectivity index (χ0v) is 88.5. The van der Waals surface area contributed by atoms with Crippen LogP contribution in [0.15, 0.2) is 186 Å². The van der Waals surface area contributed by atoms with Gasteiger partial charge in [0.2, 0.25) is 0 Å². The van der Waals surface area contributed by atoms with Gasteiger partial charge in [0, 0.05) is 30.5 Å². The summed E-state index contributed by atoms with van der Waals surface area (Å²) in [7, 11) is 0. The van der Waals surface area contributed by atoms with Gasteiger partial charge < -0.3 is 80.4 Å². The van der Waals surface area contributed by atoms with E-state index in [2.05, 4.69) is 194 Å². The van der Waals surface area contributed by atoms with Crippen molar-refractivity contribution in [3.63, 3.8) is 0 Å². The van der Waals surface area contributed by atoms with Crippen molar-refractivity contribution < 1.29 is 105 Å². The summed E-state index contributed by atoms with van der Waals surface area (Å²) in [6.07, 6.45) is 30.6. The molecule has 626 valence electrons. The quantitative estimate of drug-likeness (QED) is 0.0703. The molecular weight excluding hydrogens is 2190 g/mol. The number of hydrogen-bond donors (Lipinski definition) is 0. The van der Waals surface area contributed by atoms with Gasteiger partial charge in [-0.15, -0.1) is 17.7 Å². The van der Waals surface area contributed by atoms with Gasteiger partial charge in [-0.2, -0.15) is 56.0 Å². The topological polar surface area (TPSA) is 87.0 Å². The van der Waals surface area contributed by atoms with Crippen LogP contribution in [0.1, 0.15) is 308 Å². The number of aliphatic imine (C=N–C) groups is 6. The zero-order chi connectivity index (χ0) is 80.7. The molecule has 7 nitrogen and oxygen atoms in total. The number of nitrogens with zero attached hydrogens (tertiary/aromatic N) is 7. The molecule has 0 bridgehead atoms. The second kappa shape index (κ2) is 118. The molecule has 2 aliphatic heterocycles. The van der Waals surface area contributed by atoms with Crippen molar-refractivity contribution in [2.75, 3.05) is 0 Å². The van der Waals surface area contributed by atoms with Crippen LogP contribution in [0.2, 0.25) is 0 Å². The van der Waals surface area contributed by atoms with Gasteiger partial charge in [0.15, 0.2) is 0 Å². The minimum Gasteiger partial charge on any atom is -0.597 e.